The van der Waals surface area contributed by atoms with Crippen LogP contribution in [-0.2, 0) is 11.2 Å². The highest BCUT2D eigenvalue weighted by atomic mass is 32.1. The van der Waals surface area contributed by atoms with Crippen molar-refractivity contribution in [3.63, 3.8) is 0 Å². The summed E-state index contributed by atoms with van der Waals surface area (Å²) in [7, 11) is 0. The third-order valence-corrected chi connectivity index (χ3v) is 5.53. The number of rotatable bonds is 4. The highest BCUT2D eigenvalue weighted by Crippen LogP contribution is 2.43. The summed E-state index contributed by atoms with van der Waals surface area (Å²) in [5, 5.41) is 3.28. The van der Waals surface area contributed by atoms with Crippen LogP contribution >= 0.6 is 11.3 Å². The Labute approximate surface area is 150 Å². The normalized spacial score (nSPS) is 16.2. The lowest BCUT2D eigenvalue weighted by Crippen LogP contribution is -2.16. The summed E-state index contributed by atoms with van der Waals surface area (Å²) in [6.07, 6.45) is 2.97. The predicted molar refractivity (Wildman–Crippen MR) is 96.0 cm³/mol. The average Bonchev–Trinajstić information content (AvgIpc) is 2.94. The number of amides is 1. The van der Waals surface area contributed by atoms with Crippen molar-refractivity contribution in [1.29, 1.82) is 0 Å². The Morgan fingerprint density at radius 1 is 1.40 bits per heavy atom. The fourth-order valence-electron chi connectivity index (χ4n) is 3.21. The van der Waals surface area contributed by atoms with Gasteiger partial charge < -0.3 is 10.1 Å². The quantitative estimate of drug-likeness (QED) is 0.799. The van der Waals surface area contributed by atoms with E-state index in [1.807, 2.05) is 0 Å². The first-order valence-corrected chi connectivity index (χ1v) is 9.22. The number of hydrogen-bond donors (Lipinski definition) is 1. The van der Waals surface area contributed by atoms with Gasteiger partial charge in [0.15, 0.2) is 0 Å². The van der Waals surface area contributed by atoms with E-state index in [1.54, 1.807) is 13.0 Å². The summed E-state index contributed by atoms with van der Waals surface area (Å²) < 4.78 is 18.6. The molecule has 3 rings (SSSR count). The fourth-order valence-corrected chi connectivity index (χ4v) is 4.56. The molecule has 0 bridgehead atoms. The van der Waals surface area contributed by atoms with Crippen LogP contribution in [-0.4, -0.2) is 18.5 Å². The van der Waals surface area contributed by atoms with Gasteiger partial charge in [-0.1, -0.05) is 13.0 Å². The average molecular weight is 361 g/mol. The molecule has 0 radical (unpaired) electrons. The summed E-state index contributed by atoms with van der Waals surface area (Å²) in [5.74, 6) is -1.07. The smallest absolute Gasteiger partial charge is 0.341 e. The fraction of sp³-hybridized carbons (Fsp3) is 0.368. The summed E-state index contributed by atoms with van der Waals surface area (Å²) in [5.41, 5.74) is 1.66. The van der Waals surface area contributed by atoms with E-state index in [4.69, 9.17) is 4.74 Å². The SMILES string of the molecule is CCOC(=O)c1c(NC(=O)c2cccc(F)c2)sc2c1C(C)CCC2. The lowest BCUT2D eigenvalue weighted by molar-refractivity contribution is 0.0526. The van der Waals surface area contributed by atoms with Crippen LogP contribution < -0.4 is 5.32 Å². The minimum absolute atomic E-state index is 0.217. The van der Waals surface area contributed by atoms with Gasteiger partial charge in [-0.3, -0.25) is 4.79 Å². The van der Waals surface area contributed by atoms with Crippen LogP contribution in [0.2, 0.25) is 0 Å². The number of nitrogens with one attached hydrogen (secondary N) is 1. The van der Waals surface area contributed by atoms with Crippen LogP contribution in [0.1, 0.15) is 63.8 Å². The molecule has 1 aromatic heterocycles. The molecule has 4 nitrogen and oxygen atoms in total. The molecule has 1 amide bonds. The summed E-state index contributed by atoms with van der Waals surface area (Å²) >= 11 is 1.42. The van der Waals surface area contributed by atoms with Gasteiger partial charge in [0.1, 0.15) is 10.8 Å². The number of thiophene rings is 1. The van der Waals surface area contributed by atoms with Crippen LogP contribution in [0, 0.1) is 5.82 Å². The Morgan fingerprint density at radius 2 is 2.20 bits per heavy atom. The van der Waals surface area contributed by atoms with Crippen molar-refractivity contribution in [2.45, 2.75) is 39.0 Å². The van der Waals surface area contributed by atoms with Crippen molar-refractivity contribution >= 4 is 28.2 Å². The van der Waals surface area contributed by atoms with Gasteiger partial charge in [-0.15, -0.1) is 11.3 Å². The van der Waals surface area contributed by atoms with Crippen molar-refractivity contribution in [3.8, 4) is 0 Å². The van der Waals surface area contributed by atoms with Gasteiger partial charge >= 0.3 is 5.97 Å². The Kier molecular flexibility index (Phi) is 5.18. The van der Waals surface area contributed by atoms with Gasteiger partial charge in [0, 0.05) is 10.4 Å². The van der Waals surface area contributed by atoms with Crippen molar-refractivity contribution in [1.82, 2.24) is 0 Å². The van der Waals surface area contributed by atoms with Gasteiger partial charge in [0.05, 0.1) is 12.2 Å². The molecule has 0 saturated heterocycles. The van der Waals surface area contributed by atoms with Crippen molar-refractivity contribution < 1.29 is 18.7 Å². The Bertz CT molecular complexity index is 815. The number of benzene rings is 1. The molecule has 1 aliphatic rings. The van der Waals surface area contributed by atoms with Gasteiger partial charge in [0.2, 0.25) is 0 Å². The Hall–Kier alpha value is -2.21. The second-order valence-corrected chi connectivity index (χ2v) is 7.23. The Balaban J connectivity index is 1.98. The van der Waals surface area contributed by atoms with Gasteiger partial charge in [-0.2, -0.15) is 0 Å². The number of hydrogen-bond acceptors (Lipinski definition) is 4. The van der Waals surface area contributed by atoms with E-state index in [9.17, 15) is 14.0 Å². The van der Waals surface area contributed by atoms with E-state index in [0.717, 1.165) is 29.7 Å². The number of carbonyl (C=O) groups is 2. The zero-order valence-electron chi connectivity index (χ0n) is 14.2. The largest absolute Gasteiger partial charge is 0.462 e. The topological polar surface area (TPSA) is 55.4 Å². The van der Waals surface area contributed by atoms with Gasteiger partial charge in [0.25, 0.3) is 5.91 Å². The van der Waals surface area contributed by atoms with Gasteiger partial charge in [-0.05, 0) is 55.9 Å². The highest BCUT2D eigenvalue weighted by Gasteiger charge is 2.30. The molecular formula is C19H20FNO3S. The van der Waals surface area contributed by atoms with Crippen molar-refractivity contribution in [2.75, 3.05) is 11.9 Å². The lowest BCUT2D eigenvalue weighted by Gasteiger charge is -2.19. The number of ether oxygens (including phenoxy) is 1. The first kappa shape index (κ1) is 17.6. The minimum Gasteiger partial charge on any atom is -0.462 e. The molecular weight excluding hydrogens is 341 g/mol. The van der Waals surface area contributed by atoms with Crippen LogP contribution in [0.4, 0.5) is 9.39 Å². The second kappa shape index (κ2) is 7.35. The number of esters is 1. The molecule has 1 unspecified atom stereocenters. The maximum Gasteiger partial charge on any atom is 0.341 e. The standard InChI is InChI=1S/C19H20FNO3S/c1-3-24-19(23)16-15-11(2)6-4-9-14(15)25-18(16)21-17(22)12-7-5-8-13(20)10-12/h5,7-8,10-11H,3-4,6,9H2,1-2H3,(H,21,22). The molecule has 0 saturated carbocycles. The van der Waals surface area contributed by atoms with E-state index >= 15 is 0 Å². The zero-order valence-corrected chi connectivity index (χ0v) is 15.0. The van der Waals surface area contributed by atoms with Gasteiger partial charge in [-0.25, -0.2) is 9.18 Å². The highest BCUT2D eigenvalue weighted by molar-refractivity contribution is 7.17. The first-order valence-electron chi connectivity index (χ1n) is 8.40. The number of aryl methyl sites for hydroxylation is 1. The van der Waals surface area contributed by atoms with Crippen molar-refractivity contribution in [3.05, 3.63) is 51.7 Å². The molecule has 0 aliphatic heterocycles. The first-order chi connectivity index (χ1) is 12.0. The monoisotopic (exact) mass is 361 g/mol. The summed E-state index contributed by atoms with van der Waals surface area (Å²) in [6.45, 7) is 4.12. The summed E-state index contributed by atoms with van der Waals surface area (Å²) in [6, 6.07) is 5.48. The third kappa shape index (κ3) is 3.58. The second-order valence-electron chi connectivity index (χ2n) is 6.12. The molecule has 1 N–H and O–H groups in total. The third-order valence-electron chi connectivity index (χ3n) is 4.35. The molecule has 0 spiro atoms. The molecule has 1 aliphatic carbocycles. The van der Waals surface area contributed by atoms with E-state index in [0.29, 0.717) is 10.6 Å². The molecule has 1 atom stereocenters. The molecule has 132 valence electrons. The molecule has 2 aromatic rings. The lowest BCUT2D eigenvalue weighted by atomic mass is 9.86. The van der Waals surface area contributed by atoms with E-state index in [-0.39, 0.29) is 18.1 Å². The number of carbonyl (C=O) groups excluding carboxylic acids is 2. The maximum absolute atomic E-state index is 13.4. The van der Waals surface area contributed by atoms with Crippen LogP contribution in [0.5, 0.6) is 0 Å². The zero-order chi connectivity index (χ0) is 18.0. The molecule has 1 heterocycles. The summed E-state index contributed by atoms with van der Waals surface area (Å²) in [4.78, 5) is 26.1. The van der Waals surface area contributed by atoms with Crippen LogP contribution in [0.15, 0.2) is 24.3 Å². The molecule has 6 heteroatoms. The molecule has 0 fully saturated rings. The number of halogens is 1. The van der Waals surface area contributed by atoms with Crippen LogP contribution in [0.25, 0.3) is 0 Å². The predicted octanol–water partition coefficient (Wildman–Crippen LogP) is 4.76. The molecule has 1 aromatic carbocycles. The maximum atomic E-state index is 13.4. The number of anilines is 1. The van der Waals surface area contributed by atoms with E-state index in [1.165, 1.54) is 29.5 Å². The van der Waals surface area contributed by atoms with Crippen molar-refractivity contribution in [2.24, 2.45) is 0 Å². The van der Waals surface area contributed by atoms with Crippen LogP contribution in [0.3, 0.4) is 0 Å². The van der Waals surface area contributed by atoms with E-state index < -0.39 is 17.7 Å². The minimum atomic E-state index is -0.475. The van der Waals surface area contributed by atoms with E-state index in [2.05, 4.69) is 12.2 Å². The number of fused-ring (bicyclic) bond motifs is 1. The molecule has 25 heavy (non-hydrogen) atoms. The Morgan fingerprint density at radius 3 is 2.92 bits per heavy atom.